The number of nitrogens with one attached hydrogen (secondary N) is 1. The largest absolute Gasteiger partial charge is 0.435 e. The van der Waals surface area contributed by atoms with Crippen LogP contribution >= 0.6 is 0 Å². The molecule has 3 rings (SSSR count). The minimum atomic E-state index is -2.82. The number of benzene rings is 1. The fourth-order valence-electron chi connectivity index (χ4n) is 3.49. The third-order valence-electron chi connectivity index (χ3n) is 5.31. The van der Waals surface area contributed by atoms with Crippen molar-refractivity contribution in [2.45, 2.75) is 26.6 Å². The van der Waals surface area contributed by atoms with E-state index in [1.807, 2.05) is 25.1 Å². The van der Waals surface area contributed by atoms with E-state index in [0.717, 1.165) is 55.6 Å². The van der Waals surface area contributed by atoms with Gasteiger partial charge in [-0.25, -0.2) is 9.98 Å². The van der Waals surface area contributed by atoms with E-state index in [1.165, 1.54) is 0 Å². The lowest BCUT2D eigenvalue weighted by Crippen LogP contribution is -2.44. The fourth-order valence-corrected chi connectivity index (χ4v) is 3.49. The maximum Gasteiger partial charge on any atom is 0.387 e. The molecule has 0 saturated carbocycles. The molecule has 0 bridgehead atoms. The minimum Gasteiger partial charge on any atom is -0.435 e. The summed E-state index contributed by atoms with van der Waals surface area (Å²) in [6.45, 7) is 5.13. The van der Waals surface area contributed by atoms with Gasteiger partial charge in [-0.2, -0.15) is 8.78 Å². The highest BCUT2D eigenvalue weighted by atomic mass is 19.3. The molecular weight excluding hydrogens is 414 g/mol. The van der Waals surface area contributed by atoms with E-state index in [4.69, 9.17) is 4.99 Å². The van der Waals surface area contributed by atoms with Gasteiger partial charge in [0.1, 0.15) is 11.6 Å². The molecule has 2 aromatic rings. The van der Waals surface area contributed by atoms with Crippen LogP contribution in [0, 0.1) is 0 Å². The molecule has 1 aliphatic heterocycles. The van der Waals surface area contributed by atoms with Gasteiger partial charge in [-0.05, 0) is 43.3 Å². The number of rotatable bonds is 8. The first-order valence-corrected chi connectivity index (χ1v) is 10.9. The molecule has 0 aliphatic carbocycles. The summed E-state index contributed by atoms with van der Waals surface area (Å²) >= 11 is 0. The molecule has 1 N–H and O–H groups in total. The molecule has 0 atom stereocenters. The van der Waals surface area contributed by atoms with Gasteiger partial charge in [-0.1, -0.05) is 18.2 Å². The van der Waals surface area contributed by atoms with Crippen molar-refractivity contribution >= 4 is 11.8 Å². The van der Waals surface area contributed by atoms with Crippen LogP contribution in [0.2, 0.25) is 0 Å². The first kappa shape index (κ1) is 23.7. The summed E-state index contributed by atoms with van der Waals surface area (Å²) in [6.07, 6.45) is 1.89. The van der Waals surface area contributed by atoms with Crippen LogP contribution in [0.4, 0.5) is 14.6 Å². The fraction of sp³-hybridized carbons (Fsp3) is 0.478. The molecule has 32 heavy (non-hydrogen) atoms. The van der Waals surface area contributed by atoms with Crippen molar-refractivity contribution in [3.63, 3.8) is 0 Å². The smallest absolute Gasteiger partial charge is 0.387 e. The van der Waals surface area contributed by atoms with Crippen molar-refractivity contribution in [3.8, 4) is 5.75 Å². The van der Waals surface area contributed by atoms with Crippen LogP contribution in [0.3, 0.4) is 0 Å². The van der Waals surface area contributed by atoms with Crippen LogP contribution in [0.5, 0.6) is 5.75 Å². The summed E-state index contributed by atoms with van der Waals surface area (Å²) in [5.41, 5.74) is 2.01. The highest BCUT2D eigenvalue weighted by Crippen LogP contribution is 2.16. The van der Waals surface area contributed by atoms with E-state index >= 15 is 0 Å². The maximum absolute atomic E-state index is 12.3. The Bertz CT molecular complexity index is 852. The molecule has 1 saturated heterocycles. The Hall–Kier alpha value is -2.94. The van der Waals surface area contributed by atoms with Crippen LogP contribution in [0.15, 0.2) is 47.6 Å². The maximum atomic E-state index is 12.3. The normalized spacial score (nSPS) is 15.2. The van der Waals surface area contributed by atoms with Crippen molar-refractivity contribution in [2.75, 3.05) is 51.7 Å². The number of hydrogen-bond donors (Lipinski definition) is 1. The number of ether oxygens (including phenoxy) is 1. The molecule has 0 radical (unpaired) electrons. The zero-order valence-electron chi connectivity index (χ0n) is 19.0. The quantitative estimate of drug-likeness (QED) is 0.497. The average Bonchev–Trinajstić information content (AvgIpc) is 2.78. The van der Waals surface area contributed by atoms with Crippen molar-refractivity contribution in [2.24, 2.45) is 4.99 Å². The van der Waals surface area contributed by atoms with E-state index in [9.17, 15) is 8.78 Å². The van der Waals surface area contributed by atoms with E-state index < -0.39 is 6.61 Å². The molecule has 7 nitrogen and oxygen atoms in total. The molecule has 0 amide bonds. The summed E-state index contributed by atoms with van der Waals surface area (Å²) < 4.78 is 29.0. The summed E-state index contributed by atoms with van der Waals surface area (Å²) in [7, 11) is 4.08. The van der Waals surface area contributed by atoms with Crippen LogP contribution < -0.4 is 15.0 Å². The van der Waals surface area contributed by atoms with Gasteiger partial charge >= 0.3 is 6.61 Å². The van der Waals surface area contributed by atoms with Crippen molar-refractivity contribution in [1.29, 1.82) is 0 Å². The number of alkyl halides is 2. The highest BCUT2D eigenvalue weighted by Gasteiger charge is 2.15. The second-order valence-corrected chi connectivity index (χ2v) is 7.86. The summed E-state index contributed by atoms with van der Waals surface area (Å²) in [5, 5.41) is 3.30. The monoisotopic (exact) mass is 446 g/mol. The molecular formula is C23H32F2N6O. The molecule has 1 aromatic carbocycles. The predicted molar refractivity (Wildman–Crippen MR) is 123 cm³/mol. The topological polar surface area (TPSA) is 56.2 Å². The second-order valence-electron chi connectivity index (χ2n) is 7.86. The lowest BCUT2D eigenvalue weighted by molar-refractivity contribution is -0.0498. The molecule has 1 aromatic heterocycles. The molecule has 1 fully saturated rings. The number of pyridine rings is 1. The van der Waals surface area contributed by atoms with Gasteiger partial charge in [-0.3, -0.25) is 0 Å². The summed E-state index contributed by atoms with van der Waals surface area (Å²) in [5.74, 6) is 1.93. The molecule has 2 heterocycles. The van der Waals surface area contributed by atoms with Crippen molar-refractivity contribution < 1.29 is 13.5 Å². The Kier molecular flexibility index (Phi) is 8.61. The zero-order valence-corrected chi connectivity index (χ0v) is 19.0. The van der Waals surface area contributed by atoms with Gasteiger partial charge in [0, 0.05) is 52.5 Å². The molecule has 0 unspecified atom stereocenters. The number of aliphatic imine (C=N–C) groups is 1. The standard InChI is InChI=1S/C23H32F2N6O/c1-4-26-23(30(3)17-18-5-8-20(9-6-18)32-22(24)25)28-16-19-7-10-21(27-15-19)31-13-11-29(2)12-14-31/h5-10,15,22H,4,11-14,16-17H2,1-3H3,(H,26,28). The number of nitrogens with zero attached hydrogens (tertiary/aromatic N) is 5. The van der Waals surface area contributed by atoms with Crippen LogP contribution in [0.25, 0.3) is 0 Å². The number of aromatic nitrogens is 1. The highest BCUT2D eigenvalue weighted by molar-refractivity contribution is 5.79. The predicted octanol–water partition coefficient (Wildman–Crippen LogP) is 3.03. The second kappa shape index (κ2) is 11.6. The third kappa shape index (κ3) is 7.05. The number of guanidine groups is 1. The molecule has 1 aliphatic rings. The van der Waals surface area contributed by atoms with Crippen molar-refractivity contribution in [3.05, 3.63) is 53.7 Å². The van der Waals surface area contributed by atoms with Gasteiger partial charge in [0.2, 0.25) is 0 Å². The van der Waals surface area contributed by atoms with E-state index in [1.54, 1.807) is 24.3 Å². The lowest BCUT2D eigenvalue weighted by Gasteiger charge is -2.33. The first-order valence-electron chi connectivity index (χ1n) is 10.9. The number of likely N-dealkylation sites (N-methyl/N-ethyl adjacent to an activating group) is 1. The van der Waals surface area contributed by atoms with E-state index in [-0.39, 0.29) is 5.75 Å². The number of anilines is 1. The Morgan fingerprint density at radius 1 is 1.12 bits per heavy atom. The number of halogens is 2. The van der Waals surface area contributed by atoms with Gasteiger partial charge in [0.15, 0.2) is 5.96 Å². The number of piperazine rings is 1. The summed E-state index contributed by atoms with van der Waals surface area (Å²) in [6, 6.07) is 10.8. The van der Waals surface area contributed by atoms with Crippen LogP contribution in [-0.2, 0) is 13.1 Å². The van der Waals surface area contributed by atoms with Gasteiger partial charge in [0.05, 0.1) is 6.54 Å². The first-order chi connectivity index (χ1) is 15.4. The van der Waals surface area contributed by atoms with Gasteiger partial charge in [0.25, 0.3) is 0 Å². The number of hydrogen-bond acceptors (Lipinski definition) is 5. The Morgan fingerprint density at radius 2 is 1.81 bits per heavy atom. The lowest BCUT2D eigenvalue weighted by atomic mass is 10.2. The molecule has 9 heteroatoms. The summed E-state index contributed by atoms with van der Waals surface area (Å²) in [4.78, 5) is 16.0. The van der Waals surface area contributed by atoms with Gasteiger partial charge < -0.3 is 24.8 Å². The Labute approximate surface area is 188 Å². The van der Waals surface area contributed by atoms with Crippen molar-refractivity contribution in [1.82, 2.24) is 20.1 Å². The molecule has 174 valence electrons. The Balaban J connectivity index is 1.58. The Morgan fingerprint density at radius 3 is 2.41 bits per heavy atom. The van der Waals surface area contributed by atoms with Gasteiger partial charge in [-0.15, -0.1) is 0 Å². The SMILES string of the molecule is CCNC(=NCc1ccc(N2CCN(C)CC2)nc1)N(C)Cc1ccc(OC(F)F)cc1. The molecule has 0 spiro atoms. The third-order valence-corrected chi connectivity index (χ3v) is 5.31. The van der Waals surface area contributed by atoms with E-state index in [0.29, 0.717) is 13.1 Å². The van der Waals surface area contributed by atoms with Crippen LogP contribution in [-0.4, -0.2) is 74.2 Å². The van der Waals surface area contributed by atoms with Crippen LogP contribution in [0.1, 0.15) is 18.1 Å². The minimum absolute atomic E-state index is 0.152. The zero-order chi connectivity index (χ0) is 22.9. The van der Waals surface area contributed by atoms with E-state index in [2.05, 4.69) is 44.0 Å². The average molecular weight is 447 g/mol.